The summed E-state index contributed by atoms with van der Waals surface area (Å²) in [7, 11) is 0. The van der Waals surface area contributed by atoms with Crippen LogP contribution in [0.25, 0.3) is 31.4 Å². The second-order valence-corrected chi connectivity index (χ2v) is 6.61. The van der Waals surface area contributed by atoms with Crippen LogP contribution in [0.1, 0.15) is 0 Å². The Morgan fingerprint density at radius 1 is 1.26 bits per heavy atom. The summed E-state index contributed by atoms with van der Waals surface area (Å²) in [6.45, 7) is 5.90. The van der Waals surface area contributed by atoms with E-state index < -0.39 is 57.9 Å². The number of hydrogen-bond acceptors (Lipinski definition) is 8. The third-order valence-corrected chi connectivity index (χ3v) is 3.87. The molecular weight excluding hydrogens is 949 g/mol. The maximum absolute atomic E-state index is 10.5. The van der Waals surface area contributed by atoms with Crippen LogP contribution in [0.5, 0.6) is 0 Å². The Morgan fingerprint density at radius 3 is 2.04 bits per heavy atom. The first kappa shape index (κ1) is 29.9. The average Bonchev–Trinajstić information content (AvgIpc) is 2.62. The first-order valence-corrected chi connectivity index (χ1v) is 11.3. The van der Waals surface area contributed by atoms with Gasteiger partial charge in [0.05, 0.1) is 4.92 Å². The smallest absolute Gasteiger partial charge is 0 e. The Hall–Kier alpha value is -1.85. The molecule has 0 fully saturated rings. The predicted octanol–water partition coefficient (Wildman–Crippen LogP) is 0.978. The molecule has 0 heterocycles. The molecule has 20 heteroatoms. The van der Waals surface area contributed by atoms with E-state index in [1.807, 2.05) is 0 Å². The molecule has 0 spiro atoms. The van der Waals surface area contributed by atoms with Gasteiger partial charge in [0.25, 0.3) is 0 Å². The summed E-state index contributed by atoms with van der Waals surface area (Å²) < 4.78 is 10.3. The van der Waals surface area contributed by atoms with Gasteiger partial charge < -0.3 is 10.6 Å². The van der Waals surface area contributed by atoms with Crippen molar-refractivity contribution >= 4 is 57.8 Å². The van der Waals surface area contributed by atoms with Gasteiger partial charge >= 0.3 is 110 Å². The van der Waals surface area contributed by atoms with Gasteiger partial charge in [-0.25, -0.2) is 0 Å². The normalized spacial score (nSPS) is 13.2. The molecule has 0 amide bonds. The summed E-state index contributed by atoms with van der Waals surface area (Å²) >= 11 is -1.36. The van der Waals surface area contributed by atoms with Crippen molar-refractivity contribution in [2.24, 2.45) is 5.85 Å². The molecule has 17 nitrogen and oxygen atoms in total. The SMILES string of the molecule is [C-]#[N+][O][Hg].[N-]=[N+]=C1C=CC(O)=C([N+](=O)[O-])C1[N+](=O)[O-].[N-]=[N+]=[N][Pb][N]=[N+]=[N-].[Pb]. The molecule has 1 rings (SSSR count). The van der Waals surface area contributed by atoms with Crippen molar-refractivity contribution in [1.82, 2.24) is 0 Å². The Labute approximate surface area is 198 Å². The van der Waals surface area contributed by atoms with Gasteiger partial charge in [-0.05, 0) is 6.08 Å². The van der Waals surface area contributed by atoms with Gasteiger partial charge in [0.1, 0.15) is 0 Å². The average molecular weight is 953 g/mol. The van der Waals surface area contributed by atoms with E-state index in [0.717, 1.165) is 12.2 Å². The monoisotopic (exact) mass is 956 g/mol. The molecule has 0 aromatic rings. The van der Waals surface area contributed by atoms with Crippen molar-refractivity contribution in [3.05, 3.63) is 81.8 Å². The zero-order chi connectivity index (χ0) is 20.5. The number of azide groups is 1. The largest absolute Gasteiger partial charge is 0 e. The minimum Gasteiger partial charge on any atom is 0 e. The predicted molar refractivity (Wildman–Crippen MR) is 82.7 cm³/mol. The van der Waals surface area contributed by atoms with Gasteiger partial charge in [0.15, 0.2) is 5.76 Å². The van der Waals surface area contributed by atoms with Crippen LogP contribution < -0.4 is 0 Å². The summed E-state index contributed by atoms with van der Waals surface area (Å²) in [4.78, 5) is 26.3. The van der Waals surface area contributed by atoms with Gasteiger partial charge in [-0.3, -0.25) is 20.2 Å². The molecule has 0 bridgehead atoms. The Bertz CT molecular complexity index is 774. The van der Waals surface area contributed by atoms with Crippen molar-refractivity contribution in [2.75, 3.05) is 0 Å². The Kier molecular flexibility index (Phi) is 21.0. The molecule has 1 atom stereocenters. The molecule has 1 unspecified atom stereocenters. The number of allylic oxidation sites excluding steroid dienone is 1. The Morgan fingerprint density at radius 2 is 1.74 bits per heavy atom. The van der Waals surface area contributed by atoms with E-state index in [-0.39, 0.29) is 53.9 Å². The van der Waals surface area contributed by atoms with E-state index >= 15 is 0 Å². The summed E-state index contributed by atoms with van der Waals surface area (Å²) in [5.74, 6) is -0.825. The van der Waals surface area contributed by atoms with E-state index in [2.05, 4.69) is 28.2 Å². The van der Waals surface area contributed by atoms with Gasteiger partial charge in [-0.15, -0.1) is 0 Å². The van der Waals surface area contributed by atoms with Crippen LogP contribution in [0.2, 0.25) is 0 Å². The maximum Gasteiger partial charge on any atom is 0 e. The first-order valence-electron chi connectivity index (χ1n) is 5.54. The van der Waals surface area contributed by atoms with Gasteiger partial charge in [-0.1, -0.05) is 0 Å². The number of aliphatic hydroxyl groups is 1. The number of hydrogen-bond donors (Lipinski definition) is 1. The van der Waals surface area contributed by atoms with E-state index in [0.29, 0.717) is 0 Å². The number of rotatable bonds is 4. The molecular formula is C7H4HgN11O6Pb2. The molecule has 1 aliphatic carbocycles. The molecule has 1 N–H and O–H groups in total. The summed E-state index contributed by atoms with van der Waals surface area (Å²) in [5.41, 5.74) is 22.1. The number of nitrogens with zero attached hydrogens (tertiary/aromatic N) is 11. The molecule has 1 aliphatic rings. The Balaban J connectivity index is -0.000000403. The maximum atomic E-state index is 10.5. The van der Waals surface area contributed by atoms with Crippen LogP contribution in [0.3, 0.4) is 0 Å². The van der Waals surface area contributed by atoms with Crippen molar-refractivity contribution < 1.29 is 49.1 Å². The van der Waals surface area contributed by atoms with Gasteiger partial charge in [0, 0.05) is 38.3 Å². The molecule has 0 aromatic heterocycles. The standard InChI is InChI=1S/C6H4N4O5.CNO.Hg.2N3.2Pb/c7-8-3-1-2-4(11)6(10(14)15)5(3)9(12)13;1-2-3;;2*1-3-2;;/h1-2,5,11H;;;;;;/q;-1;+1;2*-1;;+2. The minimum atomic E-state index is -1.96. The molecule has 0 aliphatic heterocycles. The topological polar surface area (TPSA) is 254 Å². The van der Waals surface area contributed by atoms with Crippen molar-refractivity contribution in [2.45, 2.75) is 6.04 Å². The van der Waals surface area contributed by atoms with Gasteiger partial charge in [-0.2, -0.15) is 4.79 Å². The molecule has 6 radical (unpaired) electrons. The third kappa shape index (κ3) is 13.0. The van der Waals surface area contributed by atoms with E-state index in [1.54, 1.807) is 0 Å². The van der Waals surface area contributed by atoms with Crippen molar-refractivity contribution in [3.63, 3.8) is 0 Å². The van der Waals surface area contributed by atoms with Crippen molar-refractivity contribution in [3.8, 4) is 0 Å². The first-order chi connectivity index (χ1) is 12.3. The number of nitro groups is 2. The number of aliphatic hydroxyl groups excluding tert-OH is 1. The van der Waals surface area contributed by atoms with Crippen LogP contribution in [0.15, 0.2) is 29.5 Å². The molecule has 0 saturated heterocycles. The second-order valence-electron chi connectivity index (χ2n) is 3.27. The van der Waals surface area contributed by atoms with Gasteiger partial charge in [0.2, 0.25) is 0 Å². The molecule has 0 aromatic carbocycles. The molecule has 27 heavy (non-hydrogen) atoms. The zero-order valence-electron chi connectivity index (χ0n) is 12.8. The summed E-state index contributed by atoms with van der Waals surface area (Å²) in [6.07, 6.45) is 1.78. The third-order valence-electron chi connectivity index (χ3n) is 1.98. The zero-order valence-corrected chi connectivity index (χ0v) is 26.1. The van der Waals surface area contributed by atoms with Crippen molar-refractivity contribution in [1.29, 1.82) is 0 Å². The molecule has 133 valence electrons. The molecule has 0 saturated carbocycles. The van der Waals surface area contributed by atoms with Crippen LogP contribution in [-0.2, 0) is 29.3 Å². The van der Waals surface area contributed by atoms with Crippen LogP contribution in [-0.4, -0.2) is 83.6 Å². The van der Waals surface area contributed by atoms with Crippen LogP contribution in [0.4, 0.5) is 0 Å². The van der Waals surface area contributed by atoms with Crippen LogP contribution in [0, 0.1) is 26.8 Å². The summed E-state index contributed by atoms with van der Waals surface area (Å²) in [5, 5.41) is 32.6. The quantitative estimate of drug-likeness (QED) is 0.0817. The minimum absolute atomic E-state index is 0. The fourth-order valence-corrected chi connectivity index (χ4v) is 1.64. The fourth-order valence-electron chi connectivity index (χ4n) is 1.17. The van der Waals surface area contributed by atoms with E-state index in [1.165, 1.54) is 0 Å². The second kappa shape index (κ2) is 18.9. The van der Waals surface area contributed by atoms with E-state index in [9.17, 15) is 20.2 Å². The summed E-state index contributed by atoms with van der Waals surface area (Å²) in [6, 6.07) is -1.96. The van der Waals surface area contributed by atoms with E-state index in [4.69, 9.17) is 28.3 Å². The fraction of sp³-hybridized carbons (Fsp3) is 0.143. The van der Waals surface area contributed by atoms with Crippen LogP contribution >= 0.6 is 0 Å².